The van der Waals surface area contributed by atoms with E-state index in [1.807, 2.05) is 0 Å². The van der Waals surface area contributed by atoms with Crippen LogP contribution in [0.2, 0.25) is 0 Å². The third-order valence-electron chi connectivity index (χ3n) is 8.54. The highest BCUT2D eigenvalue weighted by atomic mass is 19.2. The van der Waals surface area contributed by atoms with Crippen molar-refractivity contribution >= 4 is 22.7 Å². The zero-order valence-corrected chi connectivity index (χ0v) is 26.7. The zero-order valence-electron chi connectivity index (χ0n) is 26.7. The quantitative estimate of drug-likeness (QED) is 0.232. The Hall–Kier alpha value is -2.88. The molecule has 258 valence electrons. The summed E-state index contributed by atoms with van der Waals surface area (Å²) < 4.78 is 57.5. The molecule has 0 bridgehead atoms. The smallest absolute Gasteiger partial charge is 0.274 e. The lowest BCUT2D eigenvalue weighted by Crippen LogP contribution is -2.56. The number of hydrogen-bond donors (Lipinski definition) is 2. The number of fused-ring (bicyclic) bond motifs is 1. The molecule has 1 aromatic carbocycles. The summed E-state index contributed by atoms with van der Waals surface area (Å²) in [4.78, 5) is 30.3. The van der Waals surface area contributed by atoms with E-state index < -0.39 is 17.7 Å². The van der Waals surface area contributed by atoms with Crippen molar-refractivity contribution in [1.29, 1.82) is 0 Å². The van der Waals surface area contributed by atoms with Gasteiger partial charge in [0.2, 0.25) is 5.91 Å². The van der Waals surface area contributed by atoms with E-state index in [1.54, 1.807) is 16.8 Å². The summed E-state index contributed by atoms with van der Waals surface area (Å²) in [5.74, 6) is -2.14. The lowest BCUT2D eigenvalue weighted by Gasteiger charge is -2.37. The first-order valence-electron chi connectivity index (χ1n) is 16.2. The summed E-state index contributed by atoms with van der Waals surface area (Å²) in [7, 11) is 1.61. The molecule has 2 fully saturated rings. The Bertz CT molecular complexity index is 1260. The van der Waals surface area contributed by atoms with Gasteiger partial charge >= 0.3 is 0 Å². The van der Waals surface area contributed by atoms with E-state index in [-0.39, 0.29) is 61.0 Å². The number of benzene rings is 1. The number of aromatic nitrogens is 1. The van der Waals surface area contributed by atoms with E-state index in [1.165, 1.54) is 11.0 Å². The highest BCUT2D eigenvalue weighted by molar-refractivity contribution is 6.04. The van der Waals surface area contributed by atoms with Gasteiger partial charge in [0.1, 0.15) is 6.61 Å². The van der Waals surface area contributed by atoms with Crippen LogP contribution >= 0.6 is 0 Å². The number of carbonyl (C=O) groups is 2. The molecule has 0 radical (unpaired) electrons. The monoisotopic (exact) mass is 654 g/mol. The van der Waals surface area contributed by atoms with Gasteiger partial charge in [0.25, 0.3) is 5.91 Å². The standard InChI is InChI=1S/C32H48F2N4O8/c1-36-27-22-26(34)25(33)21-24(27)30(46-20-19-45-18-17-44-16-15-43-14-13-42-12-11-39)29(36)32(41)38-9-7-37(8-10-38)31(40)28(35)23-5-3-2-4-6-23/h21-23,28,39H,2-20,35H2,1H3. The second-order valence-corrected chi connectivity index (χ2v) is 11.6. The van der Waals surface area contributed by atoms with Gasteiger partial charge in [-0.1, -0.05) is 19.3 Å². The molecule has 1 aliphatic heterocycles. The van der Waals surface area contributed by atoms with Crippen LogP contribution in [-0.4, -0.2) is 130 Å². The Balaban J connectivity index is 1.28. The molecule has 2 heterocycles. The SMILES string of the molecule is Cn1c(C(=O)N2CCN(C(=O)C(N)C3CCCCC3)CC2)c(OCCOCCOCCOCCOCCO)c2cc(F)c(F)cc21. The molecule has 1 aliphatic carbocycles. The van der Waals surface area contributed by atoms with Crippen LogP contribution in [0.5, 0.6) is 5.75 Å². The fraction of sp³-hybridized carbons (Fsp3) is 0.688. The van der Waals surface area contributed by atoms with Gasteiger partial charge in [0.15, 0.2) is 23.1 Å². The topological polar surface area (TPSA) is 138 Å². The highest BCUT2D eigenvalue weighted by Gasteiger charge is 2.34. The summed E-state index contributed by atoms with van der Waals surface area (Å²) in [5, 5.41) is 8.93. The lowest BCUT2D eigenvalue weighted by atomic mass is 9.83. The Kier molecular flexibility index (Phi) is 14.4. The van der Waals surface area contributed by atoms with E-state index in [0.717, 1.165) is 37.8 Å². The minimum Gasteiger partial charge on any atom is -0.488 e. The van der Waals surface area contributed by atoms with E-state index >= 15 is 0 Å². The van der Waals surface area contributed by atoms with Gasteiger partial charge < -0.3 is 48.9 Å². The Morgan fingerprint density at radius 3 is 1.93 bits per heavy atom. The lowest BCUT2D eigenvalue weighted by molar-refractivity contribution is -0.135. The molecular formula is C32H48F2N4O8. The van der Waals surface area contributed by atoms with Crippen LogP contribution < -0.4 is 10.5 Å². The first-order chi connectivity index (χ1) is 22.3. The van der Waals surface area contributed by atoms with Crippen LogP contribution in [0.25, 0.3) is 10.9 Å². The largest absolute Gasteiger partial charge is 0.488 e. The third-order valence-corrected chi connectivity index (χ3v) is 8.54. The maximum Gasteiger partial charge on any atom is 0.274 e. The molecule has 4 rings (SSSR count). The number of carbonyl (C=O) groups excluding carboxylic acids is 2. The number of nitrogens with two attached hydrogens (primary N) is 1. The number of ether oxygens (including phenoxy) is 5. The molecular weight excluding hydrogens is 606 g/mol. The number of piperazine rings is 1. The van der Waals surface area contributed by atoms with Crippen LogP contribution in [-0.2, 0) is 30.8 Å². The molecule has 1 unspecified atom stereocenters. The van der Waals surface area contributed by atoms with Crippen LogP contribution in [0.15, 0.2) is 12.1 Å². The van der Waals surface area contributed by atoms with Crippen molar-refractivity contribution in [1.82, 2.24) is 14.4 Å². The summed E-state index contributed by atoms with van der Waals surface area (Å²) in [5.41, 5.74) is 6.85. The molecule has 1 aromatic heterocycles. The van der Waals surface area contributed by atoms with Crippen LogP contribution in [0.1, 0.15) is 42.6 Å². The van der Waals surface area contributed by atoms with Gasteiger partial charge in [-0.2, -0.15) is 0 Å². The molecule has 1 atom stereocenters. The molecule has 1 saturated carbocycles. The number of aliphatic hydroxyl groups excluding tert-OH is 1. The summed E-state index contributed by atoms with van der Waals surface area (Å²) in [6.07, 6.45) is 5.31. The molecule has 14 heteroatoms. The second kappa shape index (κ2) is 18.5. The van der Waals surface area contributed by atoms with Crippen molar-refractivity contribution in [2.24, 2.45) is 18.7 Å². The van der Waals surface area contributed by atoms with Crippen LogP contribution in [0, 0.1) is 17.6 Å². The van der Waals surface area contributed by atoms with Gasteiger partial charge in [-0.3, -0.25) is 9.59 Å². The van der Waals surface area contributed by atoms with Gasteiger partial charge in [-0.05, 0) is 24.8 Å². The number of aliphatic hydroxyl groups is 1. The van der Waals surface area contributed by atoms with Gasteiger partial charge in [0.05, 0.1) is 71.0 Å². The highest BCUT2D eigenvalue weighted by Crippen LogP contribution is 2.35. The first kappa shape index (κ1) is 36.0. The Labute approximate surface area is 268 Å². The fourth-order valence-corrected chi connectivity index (χ4v) is 6.00. The van der Waals surface area contributed by atoms with Gasteiger partial charge in [-0.25, -0.2) is 8.78 Å². The molecule has 3 N–H and O–H groups in total. The average molecular weight is 655 g/mol. The van der Waals surface area contributed by atoms with Crippen molar-refractivity contribution < 1.29 is 47.2 Å². The van der Waals surface area contributed by atoms with Crippen LogP contribution in [0.3, 0.4) is 0 Å². The molecule has 2 aromatic rings. The van der Waals surface area contributed by atoms with Crippen molar-refractivity contribution in [3.05, 3.63) is 29.5 Å². The molecule has 1 saturated heterocycles. The van der Waals surface area contributed by atoms with Gasteiger partial charge in [-0.15, -0.1) is 0 Å². The molecule has 2 amide bonds. The predicted octanol–water partition coefficient (Wildman–Crippen LogP) is 2.09. The predicted molar refractivity (Wildman–Crippen MR) is 166 cm³/mol. The Morgan fingerprint density at radius 1 is 0.826 bits per heavy atom. The number of halogens is 2. The summed E-state index contributed by atoms with van der Waals surface area (Å²) in [6.45, 7) is 4.08. The number of rotatable bonds is 18. The Morgan fingerprint density at radius 2 is 1.35 bits per heavy atom. The summed E-state index contributed by atoms with van der Waals surface area (Å²) >= 11 is 0. The fourth-order valence-electron chi connectivity index (χ4n) is 6.00. The number of aryl methyl sites for hydroxylation is 1. The maximum atomic E-state index is 14.3. The van der Waals surface area contributed by atoms with Crippen LogP contribution in [0.4, 0.5) is 8.78 Å². The van der Waals surface area contributed by atoms with Crippen molar-refractivity contribution in [2.75, 3.05) is 92.2 Å². The maximum absolute atomic E-state index is 14.3. The van der Waals surface area contributed by atoms with Crippen molar-refractivity contribution in [3.63, 3.8) is 0 Å². The molecule has 46 heavy (non-hydrogen) atoms. The number of nitrogens with zero attached hydrogens (tertiary/aromatic N) is 3. The number of amides is 2. The first-order valence-corrected chi connectivity index (χ1v) is 16.2. The third kappa shape index (κ3) is 9.58. The van der Waals surface area contributed by atoms with E-state index in [0.29, 0.717) is 71.3 Å². The molecule has 0 spiro atoms. The minimum absolute atomic E-state index is 0.0218. The molecule has 2 aliphatic rings. The average Bonchev–Trinajstić information content (AvgIpc) is 3.33. The molecule has 12 nitrogen and oxygen atoms in total. The minimum atomic E-state index is -1.04. The second-order valence-electron chi connectivity index (χ2n) is 11.6. The van der Waals surface area contributed by atoms with E-state index in [9.17, 15) is 18.4 Å². The zero-order chi connectivity index (χ0) is 32.9. The van der Waals surface area contributed by atoms with Crippen molar-refractivity contribution in [3.8, 4) is 5.75 Å². The number of hydrogen-bond acceptors (Lipinski definition) is 9. The summed E-state index contributed by atoms with van der Waals surface area (Å²) in [6, 6.07) is 1.56. The van der Waals surface area contributed by atoms with Crippen molar-refractivity contribution in [2.45, 2.75) is 38.1 Å². The van der Waals surface area contributed by atoms with E-state index in [4.69, 9.17) is 34.5 Å². The normalized spacial score (nSPS) is 16.7. The van der Waals surface area contributed by atoms with E-state index in [2.05, 4.69) is 0 Å². The van der Waals surface area contributed by atoms with Gasteiger partial charge in [0, 0.05) is 44.7 Å².